The number of piperazine rings is 1. The molecule has 1 aromatic rings. The predicted octanol–water partition coefficient (Wildman–Crippen LogP) is 1.85. The lowest BCUT2D eigenvalue weighted by molar-refractivity contribution is -0.136. The van der Waals surface area contributed by atoms with Crippen molar-refractivity contribution in [1.29, 1.82) is 0 Å². The normalized spacial score (nSPS) is 32.2. The van der Waals surface area contributed by atoms with Crippen LogP contribution in [0.3, 0.4) is 0 Å². The molecular formula is C27H33FN4O4. The van der Waals surface area contributed by atoms with Crippen molar-refractivity contribution in [3.63, 3.8) is 0 Å². The van der Waals surface area contributed by atoms with Crippen molar-refractivity contribution >= 4 is 11.8 Å². The second-order valence-electron chi connectivity index (χ2n) is 10.9. The first kappa shape index (κ1) is 23.6. The number of H-pyrrole nitrogens is 1. The van der Waals surface area contributed by atoms with E-state index in [0.717, 1.165) is 69.7 Å². The predicted molar refractivity (Wildman–Crippen MR) is 131 cm³/mol. The van der Waals surface area contributed by atoms with E-state index in [4.69, 9.17) is 0 Å². The van der Waals surface area contributed by atoms with E-state index in [2.05, 4.69) is 14.8 Å². The first-order valence-electron chi connectivity index (χ1n) is 13.2. The number of hydrogen-bond acceptors (Lipinski definition) is 6. The minimum atomic E-state index is -1.25. The van der Waals surface area contributed by atoms with Crippen molar-refractivity contribution < 1.29 is 19.1 Å². The molecule has 2 aliphatic heterocycles. The Hall–Kier alpha value is -2.78. The van der Waals surface area contributed by atoms with Crippen LogP contribution < -0.4 is 5.56 Å². The summed E-state index contributed by atoms with van der Waals surface area (Å²) < 4.78 is 15.7. The fourth-order valence-corrected chi connectivity index (χ4v) is 7.26. The van der Waals surface area contributed by atoms with Crippen LogP contribution >= 0.6 is 0 Å². The molecule has 1 saturated heterocycles. The van der Waals surface area contributed by atoms with Crippen molar-refractivity contribution in [3.05, 3.63) is 56.9 Å². The van der Waals surface area contributed by atoms with E-state index in [9.17, 15) is 19.5 Å². The highest BCUT2D eigenvalue weighted by Gasteiger charge is 2.69. The summed E-state index contributed by atoms with van der Waals surface area (Å²) in [6.07, 6.45) is 7.73. The Balaban J connectivity index is 1.18. The number of carbonyl (C=O) groups is 2. The topological polar surface area (TPSA) is 96.9 Å². The molecule has 3 heterocycles. The van der Waals surface area contributed by atoms with Gasteiger partial charge in [-0.25, -0.2) is 9.18 Å². The molecule has 0 aromatic carbocycles. The number of nitrogens with one attached hydrogen (secondary N) is 1. The molecule has 0 amide bonds. The second-order valence-corrected chi connectivity index (χ2v) is 10.9. The highest BCUT2D eigenvalue weighted by Crippen LogP contribution is 2.62. The molecule has 0 spiro atoms. The average Bonchev–Trinajstić information content (AvgIpc) is 3.63. The number of halogens is 1. The highest BCUT2D eigenvalue weighted by molar-refractivity contribution is 6.18. The first-order valence-corrected chi connectivity index (χ1v) is 13.2. The molecule has 3 aliphatic carbocycles. The summed E-state index contributed by atoms with van der Waals surface area (Å²) in [6.45, 7) is 6.26. The lowest BCUT2D eigenvalue weighted by atomic mass is 9.78. The number of carboxylic acid groups (broad SMARTS) is 1. The van der Waals surface area contributed by atoms with Crippen LogP contribution in [0.2, 0.25) is 0 Å². The van der Waals surface area contributed by atoms with Gasteiger partial charge in [-0.3, -0.25) is 19.4 Å². The minimum Gasteiger partial charge on any atom is -0.478 e. The molecule has 4 atom stereocenters. The van der Waals surface area contributed by atoms with Crippen molar-refractivity contribution in [1.82, 2.24) is 19.7 Å². The van der Waals surface area contributed by atoms with Gasteiger partial charge in [-0.15, -0.1) is 0 Å². The Morgan fingerprint density at radius 2 is 1.94 bits per heavy atom. The summed E-state index contributed by atoms with van der Waals surface area (Å²) in [6, 6.07) is 1.54. The van der Waals surface area contributed by atoms with Crippen LogP contribution in [0.4, 0.5) is 4.39 Å². The lowest BCUT2D eigenvalue weighted by Gasteiger charge is -2.46. The fraction of sp³-hybridized carbons (Fsp3) is 0.593. The van der Waals surface area contributed by atoms with Crippen LogP contribution in [0.1, 0.15) is 43.0 Å². The van der Waals surface area contributed by atoms with Crippen LogP contribution in [0.15, 0.2) is 34.5 Å². The third kappa shape index (κ3) is 3.58. The summed E-state index contributed by atoms with van der Waals surface area (Å²) in [5, 5.41) is 9.46. The molecule has 0 bridgehead atoms. The zero-order chi connectivity index (χ0) is 25.2. The quantitative estimate of drug-likeness (QED) is 0.601. The maximum atomic E-state index is 15.7. The highest BCUT2D eigenvalue weighted by atomic mass is 19.1. The molecule has 1 aromatic heterocycles. The van der Waals surface area contributed by atoms with E-state index >= 15 is 4.39 Å². The van der Waals surface area contributed by atoms with E-state index in [0.29, 0.717) is 13.0 Å². The average molecular weight is 497 g/mol. The van der Waals surface area contributed by atoms with Crippen molar-refractivity contribution in [3.8, 4) is 0 Å². The Bertz CT molecular complexity index is 1230. The van der Waals surface area contributed by atoms with Gasteiger partial charge >= 0.3 is 5.97 Å². The SMILES string of the molecule is CCN1C=C(C(=O)O)C(=O)C2C=C(F)C3(N4CCN(Cc5cc(=O)[nH]c6c5CCCC6)CC4)CC3C21. The molecule has 5 aliphatic rings. The molecule has 6 rings (SSSR count). The van der Waals surface area contributed by atoms with Crippen molar-refractivity contribution in [2.45, 2.75) is 57.2 Å². The third-order valence-corrected chi connectivity index (χ3v) is 9.11. The van der Waals surface area contributed by atoms with Gasteiger partial charge in [0.15, 0.2) is 5.78 Å². The molecule has 9 heteroatoms. The molecule has 4 unspecified atom stereocenters. The largest absolute Gasteiger partial charge is 0.478 e. The summed E-state index contributed by atoms with van der Waals surface area (Å²) in [7, 11) is 0. The number of rotatable bonds is 5. The minimum absolute atomic E-state index is 0.0319. The fourth-order valence-electron chi connectivity index (χ4n) is 7.26. The molecular weight excluding hydrogens is 463 g/mol. The van der Waals surface area contributed by atoms with Gasteiger partial charge in [0.2, 0.25) is 5.56 Å². The number of Topliss-reactive ketones (excluding diaryl/α,β-unsaturated/α-hetero) is 1. The molecule has 2 N–H and O–H groups in total. The first-order chi connectivity index (χ1) is 17.3. The van der Waals surface area contributed by atoms with Gasteiger partial charge in [0.25, 0.3) is 0 Å². The molecule has 1 saturated carbocycles. The van der Waals surface area contributed by atoms with Crippen LogP contribution in [0.25, 0.3) is 0 Å². The maximum absolute atomic E-state index is 15.7. The number of aromatic amines is 1. The zero-order valence-corrected chi connectivity index (χ0v) is 20.6. The number of carboxylic acids is 1. The van der Waals surface area contributed by atoms with Gasteiger partial charge in [-0.2, -0.15) is 0 Å². The molecule has 36 heavy (non-hydrogen) atoms. The lowest BCUT2D eigenvalue weighted by Crippen LogP contribution is -2.57. The molecule has 2 fully saturated rings. The van der Waals surface area contributed by atoms with E-state index in [1.54, 1.807) is 6.07 Å². The van der Waals surface area contributed by atoms with Crippen molar-refractivity contribution in [2.24, 2.45) is 11.8 Å². The number of fused-ring (bicyclic) bond motifs is 4. The van der Waals surface area contributed by atoms with Crippen LogP contribution in [0.5, 0.6) is 0 Å². The summed E-state index contributed by atoms with van der Waals surface area (Å²) >= 11 is 0. The van der Waals surface area contributed by atoms with Gasteiger partial charge in [-0.05, 0) is 56.2 Å². The van der Waals surface area contributed by atoms with E-state index in [-0.39, 0.29) is 28.9 Å². The molecule has 8 nitrogen and oxygen atoms in total. The number of aliphatic carboxylic acids is 1. The monoisotopic (exact) mass is 496 g/mol. The number of carbonyl (C=O) groups excluding carboxylic acids is 1. The van der Waals surface area contributed by atoms with Crippen LogP contribution in [-0.4, -0.2) is 80.8 Å². The van der Waals surface area contributed by atoms with Gasteiger partial charge < -0.3 is 15.0 Å². The Labute approximate surface area is 209 Å². The van der Waals surface area contributed by atoms with Gasteiger partial charge in [0, 0.05) is 69.2 Å². The Morgan fingerprint density at radius 3 is 2.67 bits per heavy atom. The molecule has 192 valence electrons. The smallest absolute Gasteiger partial charge is 0.340 e. The van der Waals surface area contributed by atoms with E-state index < -0.39 is 23.2 Å². The number of ketones is 1. The molecule has 0 radical (unpaired) electrons. The summed E-state index contributed by atoms with van der Waals surface area (Å²) in [5.41, 5.74) is 2.54. The van der Waals surface area contributed by atoms with Crippen molar-refractivity contribution in [2.75, 3.05) is 32.7 Å². The standard InChI is InChI=1S/C27H33FN4O4/c1-2-31-15-19(26(35)36)25(34)18-12-22(28)27(13-20(27)24(18)31)32-9-7-30(8-10-32)14-16-11-23(33)29-21-6-4-3-5-17(16)21/h11-12,15,18,20,24H,2-10,13-14H2,1H3,(H,29,33)(H,35,36). The second kappa shape index (κ2) is 8.66. The number of nitrogens with zero attached hydrogens (tertiary/aromatic N) is 3. The maximum Gasteiger partial charge on any atom is 0.340 e. The van der Waals surface area contributed by atoms with E-state index in [1.807, 2.05) is 11.8 Å². The van der Waals surface area contributed by atoms with Gasteiger partial charge in [0.1, 0.15) is 11.4 Å². The van der Waals surface area contributed by atoms with Crippen LogP contribution in [0, 0.1) is 11.8 Å². The Kier molecular flexibility index (Phi) is 5.68. The Morgan fingerprint density at radius 1 is 1.19 bits per heavy atom. The van der Waals surface area contributed by atoms with Gasteiger partial charge in [0.05, 0.1) is 11.5 Å². The number of aryl methyl sites for hydroxylation is 1. The number of pyridine rings is 1. The number of hydrogen-bond donors (Lipinski definition) is 2. The van der Waals surface area contributed by atoms with Crippen LogP contribution in [-0.2, 0) is 29.0 Å². The van der Waals surface area contributed by atoms with E-state index in [1.165, 1.54) is 17.8 Å². The van der Waals surface area contributed by atoms with Gasteiger partial charge in [-0.1, -0.05) is 0 Å². The summed E-state index contributed by atoms with van der Waals surface area (Å²) in [5.74, 6) is -2.79. The third-order valence-electron chi connectivity index (χ3n) is 9.11. The summed E-state index contributed by atoms with van der Waals surface area (Å²) in [4.78, 5) is 46.2. The zero-order valence-electron chi connectivity index (χ0n) is 20.6. The number of aromatic nitrogens is 1.